The number of nitrogens with one attached hydrogen (secondary N) is 2. The smallest absolute Gasteiger partial charge is 0.223 e. The van der Waals surface area contributed by atoms with Gasteiger partial charge in [0, 0.05) is 37.1 Å². The quantitative estimate of drug-likeness (QED) is 0.895. The third-order valence-electron chi connectivity index (χ3n) is 5.27. The van der Waals surface area contributed by atoms with Gasteiger partial charge in [0.25, 0.3) is 0 Å². The summed E-state index contributed by atoms with van der Waals surface area (Å²) >= 11 is 0. The molecule has 4 atom stereocenters. The molecule has 126 valence electrons. The van der Waals surface area contributed by atoms with Crippen LogP contribution < -0.4 is 10.6 Å². The van der Waals surface area contributed by atoms with Gasteiger partial charge in [0.15, 0.2) is 0 Å². The summed E-state index contributed by atoms with van der Waals surface area (Å²) in [4.78, 5) is 15.0. The fourth-order valence-electron chi connectivity index (χ4n) is 3.93. The Labute approximate surface area is 139 Å². The molecular formula is C19H29N3O. The number of hydrogen-bond acceptors (Lipinski definition) is 3. The highest BCUT2D eigenvalue weighted by atomic mass is 16.2. The van der Waals surface area contributed by atoms with Crippen LogP contribution in [0, 0.1) is 5.92 Å². The molecule has 0 bridgehead atoms. The van der Waals surface area contributed by atoms with E-state index in [0.29, 0.717) is 18.1 Å². The van der Waals surface area contributed by atoms with Crippen molar-refractivity contribution in [1.82, 2.24) is 15.5 Å². The van der Waals surface area contributed by atoms with E-state index in [9.17, 15) is 4.79 Å². The zero-order chi connectivity index (χ0) is 16.2. The first-order valence-electron chi connectivity index (χ1n) is 8.93. The number of amides is 1. The number of likely N-dealkylation sites (tertiary alicyclic amines) is 1. The van der Waals surface area contributed by atoms with E-state index in [2.05, 4.69) is 59.7 Å². The summed E-state index contributed by atoms with van der Waals surface area (Å²) in [5, 5.41) is 6.72. The van der Waals surface area contributed by atoms with E-state index in [1.807, 2.05) is 0 Å². The summed E-state index contributed by atoms with van der Waals surface area (Å²) in [6.07, 6.45) is 2.98. The largest absolute Gasteiger partial charge is 0.352 e. The molecule has 2 saturated heterocycles. The molecule has 1 aromatic carbocycles. The number of benzene rings is 1. The van der Waals surface area contributed by atoms with Gasteiger partial charge in [-0.15, -0.1) is 0 Å². The van der Waals surface area contributed by atoms with Crippen molar-refractivity contribution in [3.8, 4) is 0 Å². The van der Waals surface area contributed by atoms with Crippen molar-refractivity contribution in [3.05, 3.63) is 35.9 Å². The Morgan fingerprint density at radius 1 is 1.26 bits per heavy atom. The predicted molar refractivity (Wildman–Crippen MR) is 93.1 cm³/mol. The van der Waals surface area contributed by atoms with Crippen molar-refractivity contribution < 1.29 is 4.79 Å². The Morgan fingerprint density at radius 2 is 2.04 bits per heavy atom. The average Bonchev–Trinajstić information content (AvgIpc) is 2.88. The molecule has 4 nitrogen and oxygen atoms in total. The van der Waals surface area contributed by atoms with Crippen molar-refractivity contribution in [1.29, 1.82) is 0 Å². The van der Waals surface area contributed by atoms with E-state index in [0.717, 1.165) is 38.9 Å². The molecule has 23 heavy (non-hydrogen) atoms. The second-order valence-corrected chi connectivity index (χ2v) is 7.28. The first-order chi connectivity index (χ1) is 11.1. The van der Waals surface area contributed by atoms with Gasteiger partial charge in [0.2, 0.25) is 5.91 Å². The number of rotatable bonds is 4. The van der Waals surface area contributed by atoms with E-state index in [1.165, 1.54) is 5.56 Å². The number of nitrogens with zero attached hydrogens (tertiary/aromatic N) is 1. The van der Waals surface area contributed by atoms with Crippen LogP contribution in [0.3, 0.4) is 0 Å². The Balaban J connectivity index is 1.51. The molecule has 1 aromatic rings. The lowest BCUT2D eigenvalue weighted by molar-refractivity contribution is -0.126. The van der Waals surface area contributed by atoms with Crippen LogP contribution in [0.25, 0.3) is 0 Å². The van der Waals surface area contributed by atoms with E-state index >= 15 is 0 Å². The van der Waals surface area contributed by atoms with Crippen LogP contribution in [0.4, 0.5) is 0 Å². The molecule has 2 unspecified atom stereocenters. The van der Waals surface area contributed by atoms with Gasteiger partial charge in [-0.05, 0) is 45.2 Å². The molecule has 1 amide bonds. The third kappa shape index (κ3) is 4.33. The second-order valence-electron chi connectivity index (χ2n) is 7.28. The molecule has 0 saturated carbocycles. The minimum atomic E-state index is 0.185. The van der Waals surface area contributed by atoms with E-state index in [1.54, 1.807) is 0 Å². The highest BCUT2D eigenvalue weighted by Gasteiger charge is 2.32. The first-order valence-corrected chi connectivity index (χ1v) is 8.93. The van der Waals surface area contributed by atoms with Crippen molar-refractivity contribution in [2.45, 2.75) is 57.8 Å². The van der Waals surface area contributed by atoms with Crippen molar-refractivity contribution in [2.75, 3.05) is 13.1 Å². The molecule has 4 heteroatoms. The molecule has 2 N–H and O–H groups in total. The molecule has 0 aromatic heterocycles. The van der Waals surface area contributed by atoms with Crippen molar-refractivity contribution >= 4 is 5.91 Å². The van der Waals surface area contributed by atoms with Crippen LogP contribution in [0.15, 0.2) is 30.3 Å². The average molecular weight is 315 g/mol. The topological polar surface area (TPSA) is 44.4 Å². The summed E-state index contributed by atoms with van der Waals surface area (Å²) in [7, 11) is 0. The lowest BCUT2D eigenvalue weighted by atomic mass is 9.92. The van der Waals surface area contributed by atoms with Crippen LogP contribution in [0.1, 0.15) is 38.7 Å². The second kappa shape index (κ2) is 7.45. The number of hydrogen-bond donors (Lipinski definition) is 2. The molecule has 2 heterocycles. The van der Waals surface area contributed by atoms with E-state index < -0.39 is 0 Å². The minimum absolute atomic E-state index is 0.185. The standard InChI is InChI=1S/C19H29N3O/c1-14-10-17(8-9-20-14)19(23)21-18-11-15(2)22(13-18)12-16-6-4-3-5-7-16/h3-7,14-15,17-18,20H,8-13H2,1-2H3,(H,21,23)/t14-,15?,17-,18?/m0/s1. The summed E-state index contributed by atoms with van der Waals surface area (Å²) in [5.74, 6) is 0.446. The maximum Gasteiger partial charge on any atom is 0.223 e. The van der Waals surface area contributed by atoms with Gasteiger partial charge in [0.1, 0.15) is 0 Å². The Hall–Kier alpha value is -1.39. The van der Waals surface area contributed by atoms with Crippen LogP contribution in [0.2, 0.25) is 0 Å². The Kier molecular flexibility index (Phi) is 5.34. The summed E-state index contributed by atoms with van der Waals surface area (Å²) in [5.41, 5.74) is 1.35. The van der Waals surface area contributed by atoms with Crippen molar-refractivity contribution in [2.24, 2.45) is 5.92 Å². The van der Waals surface area contributed by atoms with Gasteiger partial charge < -0.3 is 10.6 Å². The zero-order valence-electron chi connectivity index (χ0n) is 14.3. The van der Waals surface area contributed by atoms with Gasteiger partial charge in [0.05, 0.1) is 0 Å². The molecule has 0 spiro atoms. The van der Waals surface area contributed by atoms with Crippen LogP contribution in [-0.2, 0) is 11.3 Å². The van der Waals surface area contributed by atoms with Gasteiger partial charge in [-0.2, -0.15) is 0 Å². The number of piperidine rings is 1. The van der Waals surface area contributed by atoms with Gasteiger partial charge in [-0.1, -0.05) is 30.3 Å². The molecular weight excluding hydrogens is 286 g/mol. The molecule has 2 aliphatic heterocycles. The van der Waals surface area contributed by atoms with E-state index in [-0.39, 0.29) is 11.8 Å². The fourth-order valence-corrected chi connectivity index (χ4v) is 3.93. The maximum absolute atomic E-state index is 12.5. The number of carbonyl (C=O) groups is 1. The molecule has 2 aliphatic rings. The van der Waals surface area contributed by atoms with Crippen LogP contribution >= 0.6 is 0 Å². The monoisotopic (exact) mass is 315 g/mol. The van der Waals surface area contributed by atoms with Gasteiger partial charge in [-0.3, -0.25) is 9.69 Å². The van der Waals surface area contributed by atoms with Crippen LogP contribution in [0.5, 0.6) is 0 Å². The fraction of sp³-hybridized carbons (Fsp3) is 0.632. The zero-order valence-corrected chi connectivity index (χ0v) is 14.3. The number of carbonyl (C=O) groups excluding carboxylic acids is 1. The lowest BCUT2D eigenvalue weighted by Crippen LogP contribution is -2.45. The van der Waals surface area contributed by atoms with Gasteiger partial charge in [-0.25, -0.2) is 0 Å². The molecule has 3 rings (SSSR count). The summed E-state index contributed by atoms with van der Waals surface area (Å²) < 4.78 is 0. The highest BCUT2D eigenvalue weighted by molar-refractivity contribution is 5.79. The predicted octanol–water partition coefficient (Wildman–Crippen LogP) is 2.15. The third-order valence-corrected chi connectivity index (χ3v) is 5.27. The van der Waals surface area contributed by atoms with Crippen LogP contribution in [-0.4, -0.2) is 42.0 Å². The van der Waals surface area contributed by atoms with E-state index in [4.69, 9.17) is 0 Å². The maximum atomic E-state index is 12.5. The first kappa shape index (κ1) is 16.5. The van der Waals surface area contributed by atoms with Crippen molar-refractivity contribution in [3.63, 3.8) is 0 Å². The lowest BCUT2D eigenvalue weighted by Gasteiger charge is -2.28. The summed E-state index contributed by atoms with van der Waals surface area (Å²) in [6.45, 7) is 7.32. The Bertz CT molecular complexity index is 519. The highest BCUT2D eigenvalue weighted by Crippen LogP contribution is 2.22. The van der Waals surface area contributed by atoms with Gasteiger partial charge >= 0.3 is 0 Å². The normalized spacial score (nSPS) is 31.9. The SMILES string of the molecule is CC1CC(NC(=O)[C@H]2CCN[C@@H](C)C2)CN1Cc1ccccc1. The minimum Gasteiger partial charge on any atom is -0.352 e. The Morgan fingerprint density at radius 3 is 2.78 bits per heavy atom. The molecule has 0 radical (unpaired) electrons. The molecule has 0 aliphatic carbocycles. The molecule has 2 fully saturated rings. The summed E-state index contributed by atoms with van der Waals surface area (Å²) in [6, 6.07) is 11.9.